The SMILES string of the molecule is C=CC12NCCC1CCCO2. The van der Waals surface area contributed by atoms with E-state index in [0.29, 0.717) is 5.92 Å². The summed E-state index contributed by atoms with van der Waals surface area (Å²) >= 11 is 0. The van der Waals surface area contributed by atoms with Crippen molar-refractivity contribution >= 4 is 0 Å². The van der Waals surface area contributed by atoms with E-state index in [9.17, 15) is 0 Å². The Morgan fingerprint density at radius 3 is 3.18 bits per heavy atom. The van der Waals surface area contributed by atoms with Gasteiger partial charge in [0.15, 0.2) is 0 Å². The van der Waals surface area contributed by atoms with Crippen LogP contribution in [0.3, 0.4) is 0 Å². The topological polar surface area (TPSA) is 21.3 Å². The minimum absolute atomic E-state index is 0.155. The van der Waals surface area contributed by atoms with Gasteiger partial charge in [0.2, 0.25) is 0 Å². The fraction of sp³-hybridized carbons (Fsp3) is 0.778. The Hall–Kier alpha value is -0.340. The molecule has 0 radical (unpaired) electrons. The molecule has 2 rings (SSSR count). The van der Waals surface area contributed by atoms with E-state index < -0.39 is 0 Å². The molecule has 11 heavy (non-hydrogen) atoms. The molecule has 2 unspecified atom stereocenters. The summed E-state index contributed by atoms with van der Waals surface area (Å²) in [5, 5.41) is 3.38. The van der Waals surface area contributed by atoms with Crippen molar-refractivity contribution in [2.45, 2.75) is 25.0 Å². The summed E-state index contributed by atoms with van der Waals surface area (Å²) in [6.07, 6.45) is 5.68. The summed E-state index contributed by atoms with van der Waals surface area (Å²) in [5.41, 5.74) is -0.155. The molecule has 2 atom stereocenters. The second kappa shape index (κ2) is 2.61. The first-order valence-corrected chi connectivity index (χ1v) is 4.40. The van der Waals surface area contributed by atoms with Gasteiger partial charge in [0.25, 0.3) is 0 Å². The van der Waals surface area contributed by atoms with E-state index in [2.05, 4.69) is 11.9 Å². The Morgan fingerprint density at radius 1 is 1.55 bits per heavy atom. The summed E-state index contributed by atoms with van der Waals surface area (Å²) in [6.45, 7) is 5.79. The van der Waals surface area contributed by atoms with Crippen molar-refractivity contribution < 1.29 is 4.74 Å². The Bertz CT molecular complexity index is 169. The molecule has 2 heterocycles. The quantitative estimate of drug-likeness (QED) is 0.573. The Morgan fingerprint density at radius 2 is 2.45 bits per heavy atom. The molecular weight excluding hydrogens is 138 g/mol. The minimum atomic E-state index is -0.155. The highest BCUT2D eigenvalue weighted by molar-refractivity contribution is 5.05. The molecule has 2 heteroatoms. The predicted octanol–water partition coefficient (Wildman–Crippen LogP) is 1.29. The molecule has 0 saturated carbocycles. The summed E-state index contributed by atoms with van der Waals surface area (Å²) in [4.78, 5) is 0. The molecule has 0 spiro atoms. The van der Waals surface area contributed by atoms with Gasteiger partial charge in [-0.2, -0.15) is 0 Å². The monoisotopic (exact) mass is 153 g/mol. The van der Waals surface area contributed by atoms with Crippen molar-refractivity contribution in [1.82, 2.24) is 5.32 Å². The van der Waals surface area contributed by atoms with Crippen LogP contribution in [0.1, 0.15) is 19.3 Å². The molecule has 0 aromatic rings. The first-order valence-electron chi connectivity index (χ1n) is 4.40. The van der Waals surface area contributed by atoms with Crippen LogP contribution in [-0.4, -0.2) is 18.9 Å². The third-order valence-corrected chi connectivity index (χ3v) is 2.84. The average Bonchev–Trinajstić information content (AvgIpc) is 2.48. The van der Waals surface area contributed by atoms with Crippen LogP contribution in [0.2, 0.25) is 0 Å². The van der Waals surface area contributed by atoms with E-state index in [-0.39, 0.29) is 5.72 Å². The fourth-order valence-corrected chi connectivity index (χ4v) is 2.20. The molecule has 62 valence electrons. The van der Waals surface area contributed by atoms with Crippen LogP contribution in [0.15, 0.2) is 12.7 Å². The number of hydrogen-bond acceptors (Lipinski definition) is 2. The van der Waals surface area contributed by atoms with Gasteiger partial charge in [-0.05, 0) is 31.9 Å². The lowest BCUT2D eigenvalue weighted by Crippen LogP contribution is -2.48. The number of nitrogens with one attached hydrogen (secondary N) is 1. The lowest BCUT2D eigenvalue weighted by molar-refractivity contribution is -0.0825. The van der Waals surface area contributed by atoms with E-state index in [1.807, 2.05) is 6.08 Å². The first-order chi connectivity index (χ1) is 5.37. The number of rotatable bonds is 1. The lowest BCUT2D eigenvalue weighted by atomic mass is 9.90. The van der Waals surface area contributed by atoms with Gasteiger partial charge >= 0.3 is 0 Å². The maximum atomic E-state index is 5.71. The molecule has 0 aromatic heterocycles. The van der Waals surface area contributed by atoms with Gasteiger partial charge in [-0.25, -0.2) is 0 Å². The zero-order valence-corrected chi connectivity index (χ0v) is 6.81. The number of ether oxygens (including phenoxy) is 1. The minimum Gasteiger partial charge on any atom is -0.357 e. The highest BCUT2D eigenvalue weighted by Crippen LogP contribution is 2.36. The van der Waals surface area contributed by atoms with E-state index in [1.54, 1.807) is 0 Å². The Balaban J connectivity index is 2.18. The van der Waals surface area contributed by atoms with E-state index >= 15 is 0 Å². The molecule has 0 aliphatic carbocycles. The summed E-state index contributed by atoms with van der Waals surface area (Å²) in [5.74, 6) is 0.675. The largest absolute Gasteiger partial charge is 0.357 e. The zero-order valence-electron chi connectivity index (χ0n) is 6.81. The smallest absolute Gasteiger partial charge is 0.140 e. The van der Waals surface area contributed by atoms with Gasteiger partial charge in [-0.15, -0.1) is 0 Å². The second-order valence-corrected chi connectivity index (χ2v) is 3.40. The Labute approximate surface area is 67.6 Å². The summed E-state index contributed by atoms with van der Waals surface area (Å²) in [6, 6.07) is 0. The maximum absolute atomic E-state index is 5.71. The molecule has 2 nitrogen and oxygen atoms in total. The van der Waals surface area contributed by atoms with Gasteiger partial charge in [-0.3, -0.25) is 5.32 Å². The third-order valence-electron chi connectivity index (χ3n) is 2.84. The summed E-state index contributed by atoms with van der Waals surface area (Å²) in [7, 11) is 0. The van der Waals surface area contributed by atoms with Crippen molar-refractivity contribution in [2.75, 3.05) is 13.2 Å². The average molecular weight is 153 g/mol. The van der Waals surface area contributed by atoms with Crippen LogP contribution in [0.25, 0.3) is 0 Å². The molecule has 1 N–H and O–H groups in total. The molecule has 0 aromatic carbocycles. The van der Waals surface area contributed by atoms with Gasteiger partial charge in [0, 0.05) is 12.5 Å². The molecular formula is C9H15NO. The van der Waals surface area contributed by atoms with Gasteiger partial charge in [-0.1, -0.05) is 6.58 Å². The van der Waals surface area contributed by atoms with Crippen molar-refractivity contribution in [2.24, 2.45) is 5.92 Å². The van der Waals surface area contributed by atoms with Crippen LogP contribution < -0.4 is 5.32 Å². The van der Waals surface area contributed by atoms with Crippen LogP contribution in [0.5, 0.6) is 0 Å². The molecule has 2 aliphatic rings. The molecule has 0 bridgehead atoms. The zero-order chi connectivity index (χ0) is 7.73. The summed E-state index contributed by atoms with van der Waals surface area (Å²) < 4.78 is 5.71. The normalized spacial score (nSPS) is 43.5. The fourth-order valence-electron chi connectivity index (χ4n) is 2.20. The highest BCUT2D eigenvalue weighted by atomic mass is 16.5. The molecule has 2 saturated heterocycles. The maximum Gasteiger partial charge on any atom is 0.140 e. The van der Waals surface area contributed by atoms with Crippen molar-refractivity contribution in [3.63, 3.8) is 0 Å². The van der Waals surface area contributed by atoms with Crippen LogP contribution in [-0.2, 0) is 4.74 Å². The highest BCUT2D eigenvalue weighted by Gasteiger charge is 2.42. The Kier molecular flexibility index (Phi) is 1.74. The predicted molar refractivity (Wildman–Crippen MR) is 44.2 cm³/mol. The van der Waals surface area contributed by atoms with Crippen molar-refractivity contribution in [1.29, 1.82) is 0 Å². The number of hydrogen-bond donors (Lipinski definition) is 1. The van der Waals surface area contributed by atoms with Crippen LogP contribution >= 0.6 is 0 Å². The van der Waals surface area contributed by atoms with E-state index in [0.717, 1.165) is 13.2 Å². The second-order valence-electron chi connectivity index (χ2n) is 3.40. The third kappa shape index (κ3) is 1.01. The van der Waals surface area contributed by atoms with Gasteiger partial charge in [0.1, 0.15) is 5.72 Å². The van der Waals surface area contributed by atoms with Gasteiger partial charge < -0.3 is 4.74 Å². The number of fused-ring (bicyclic) bond motifs is 1. The van der Waals surface area contributed by atoms with Crippen LogP contribution in [0, 0.1) is 5.92 Å². The van der Waals surface area contributed by atoms with Crippen LogP contribution in [0.4, 0.5) is 0 Å². The van der Waals surface area contributed by atoms with E-state index in [4.69, 9.17) is 4.74 Å². The van der Waals surface area contributed by atoms with Crippen molar-refractivity contribution in [3.8, 4) is 0 Å². The molecule has 0 amide bonds. The first kappa shape index (κ1) is 7.32. The molecule has 2 fully saturated rings. The standard InChI is InChI=1S/C9H15NO/c1-2-9-8(5-6-10-9)4-3-7-11-9/h2,8,10H,1,3-7H2. The van der Waals surface area contributed by atoms with Gasteiger partial charge in [0.05, 0.1) is 0 Å². The lowest BCUT2D eigenvalue weighted by Gasteiger charge is -2.36. The van der Waals surface area contributed by atoms with Crippen molar-refractivity contribution in [3.05, 3.63) is 12.7 Å². The molecule has 2 aliphatic heterocycles. The van der Waals surface area contributed by atoms with E-state index in [1.165, 1.54) is 19.3 Å².